The van der Waals surface area contributed by atoms with E-state index in [1.54, 1.807) is 0 Å². The van der Waals surface area contributed by atoms with Gasteiger partial charge < -0.3 is 14.9 Å². The molecule has 0 saturated heterocycles. The number of hydrogen-bond acceptors (Lipinski definition) is 4. The maximum atomic E-state index is 12.8. The molecule has 0 rings (SSSR count). The Morgan fingerprint density at radius 3 is 0.902 bits per heavy atom. The molecule has 0 fully saturated rings. The van der Waals surface area contributed by atoms with Crippen LogP contribution in [-0.4, -0.2) is 38.2 Å². The molecule has 0 aliphatic carbocycles. The van der Waals surface area contributed by atoms with Crippen LogP contribution in [0, 0.1) is 0 Å². The van der Waals surface area contributed by atoms with E-state index in [1.807, 2.05) is 0 Å². The van der Waals surface area contributed by atoms with Gasteiger partial charge in [0.1, 0.15) is 0 Å². The summed E-state index contributed by atoms with van der Waals surface area (Å²) in [6.07, 6.45) is 29.1. The van der Waals surface area contributed by atoms with E-state index in [-0.39, 0.29) is 12.8 Å². The number of Topliss-reactive ketones (excluding diaryl/α,β-unsaturated/α-hetero) is 2. The zero-order chi connectivity index (χ0) is 30.7. The van der Waals surface area contributed by atoms with Gasteiger partial charge in [-0.2, -0.15) is 0 Å². The summed E-state index contributed by atoms with van der Waals surface area (Å²) in [6, 6.07) is 0. The van der Waals surface area contributed by atoms with Crippen LogP contribution in [0.2, 0.25) is 0 Å². The van der Waals surface area contributed by atoms with Gasteiger partial charge in [-0.3, -0.25) is 14.2 Å². The van der Waals surface area contributed by atoms with Crippen molar-refractivity contribution in [2.75, 3.05) is 6.16 Å². The predicted molar refractivity (Wildman–Crippen MR) is 172 cm³/mol. The molecule has 6 nitrogen and oxygen atoms in total. The Morgan fingerprint density at radius 1 is 0.463 bits per heavy atom. The van der Waals surface area contributed by atoms with E-state index in [0.29, 0.717) is 12.8 Å². The summed E-state index contributed by atoms with van der Waals surface area (Å²) in [5, 5.41) is 10.9. The largest absolute Gasteiger partial charge is 0.374 e. The van der Waals surface area contributed by atoms with Crippen molar-refractivity contribution in [3.05, 3.63) is 0 Å². The summed E-state index contributed by atoms with van der Waals surface area (Å²) in [6.45, 7) is 4.47. The molecule has 244 valence electrons. The van der Waals surface area contributed by atoms with Crippen LogP contribution in [0.1, 0.15) is 194 Å². The summed E-state index contributed by atoms with van der Waals surface area (Å²) >= 11 is 0. The Balaban J connectivity index is 4.11. The third kappa shape index (κ3) is 24.6. The van der Waals surface area contributed by atoms with E-state index in [1.165, 1.54) is 116 Å². The molecule has 0 saturated carbocycles. The van der Waals surface area contributed by atoms with Crippen molar-refractivity contribution in [1.82, 2.24) is 0 Å². The molecule has 0 radical (unpaired) electrons. The minimum absolute atomic E-state index is 0.0153. The highest BCUT2D eigenvalue weighted by Gasteiger charge is 2.46. The number of aliphatic hydroxyl groups is 1. The van der Waals surface area contributed by atoms with E-state index in [2.05, 4.69) is 13.8 Å². The third-order valence-electron chi connectivity index (χ3n) is 8.37. The van der Waals surface area contributed by atoms with Crippen LogP contribution in [0.15, 0.2) is 0 Å². The van der Waals surface area contributed by atoms with E-state index >= 15 is 0 Å². The van der Waals surface area contributed by atoms with Crippen LogP contribution in [0.5, 0.6) is 0 Å². The molecule has 0 unspecified atom stereocenters. The Labute approximate surface area is 253 Å². The molecule has 41 heavy (non-hydrogen) atoms. The first kappa shape index (κ1) is 40.5. The van der Waals surface area contributed by atoms with Gasteiger partial charge in [-0.15, -0.1) is 0 Å². The summed E-state index contributed by atoms with van der Waals surface area (Å²) < 4.78 is 11.7. The van der Waals surface area contributed by atoms with Gasteiger partial charge in [0.05, 0.1) is 6.16 Å². The Hall–Kier alpha value is -0.550. The molecule has 0 aliphatic heterocycles. The van der Waals surface area contributed by atoms with Crippen LogP contribution in [0.3, 0.4) is 0 Å². The van der Waals surface area contributed by atoms with E-state index < -0.39 is 30.9 Å². The van der Waals surface area contributed by atoms with Crippen LogP contribution in [0.25, 0.3) is 0 Å². The second-order valence-corrected chi connectivity index (χ2v) is 14.2. The van der Waals surface area contributed by atoms with Crippen LogP contribution < -0.4 is 0 Å². The average molecular weight is 603 g/mol. The Kier molecular flexibility index (Phi) is 26.7. The summed E-state index contributed by atoms with van der Waals surface area (Å²) in [5.41, 5.74) is -2.56. The average Bonchev–Trinajstić information content (AvgIpc) is 2.92. The molecule has 0 aromatic rings. The minimum Gasteiger partial charge on any atom is -0.374 e. The highest BCUT2D eigenvalue weighted by molar-refractivity contribution is 7.52. The molecule has 0 aromatic heterocycles. The topological polar surface area (TPSA) is 112 Å². The molecule has 0 amide bonds. The van der Waals surface area contributed by atoms with Crippen molar-refractivity contribution < 1.29 is 29.0 Å². The molecule has 0 bridgehead atoms. The van der Waals surface area contributed by atoms with Gasteiger partial charge in [-0.1, -0.05) is 168 Å². The second-order valence-electron chi connectivity index (χ2n) is 12.5. The maximum Gasteiger partial charge on any atom is 0.329 e. The number of carbonyl (C=O) groups is 2. The molecular formula is C34H67O6P. The smallest absolute Gasteiger partial charge is 0.329 e. The van der Waals surface area contributed by atoms with Gasteiger partial charge >= 0.3 is 7.60 Å². The summed E-state index contributed by atoms with van der Waals surface area (Å²) in [4.78, 5) is 44.5. The highest BCUT2D eigenvalue weighted by Crippen LogP contribution is 2.40. The lowest BCUT2D eigenvalue weighted by Crippen LogP contribution is -2.49. The molecule has 0 aromatic carbocycles. The molecule has 0 aliphatic rings. The Bertz CT molecular complexity index is 632. The highest BCUT2D eigenvalue weighted by atomic mass is 31.2. The first-order valence-corrected chi connectivity index (χ1v) is 19.3. The lowest BCUT2D eigenvalue weighted by molar-refractivity contribution is -0.149. The summed E-state index contributed by atoms with van der Waals surface area (Å²) in [5.74, 6) is -1.47. The van der Waals surface area contributed by atoms with Crippen LogP contribution in [0.4, 0.5) is 0 Å². The van der Waals surface area contributed by atoms with Crippen molar-refractivity contribution in [2.24, 2.45) is 0 Å². The number of hydrogen-bond donors (Lipinski definition) is 3. The fraction of sp³-hybridized carbons (Fsp3) is 0.941. The minimum atomic E-state index is -4.73. The fourth-order valence-electron chi connectivity index (χ4n) is 5.65. The van der Waals surface area contributed by atoms with E-state index in [4.69, 9.17) is 0 Å². The van der Waals surface area contributed by atoms with Crippen molar-refractivity contribution in [1.29, 1.82) is 0 Å². The van der Waals surface area contributed by atoms with Gasteiger partial charge in [0, 0.05) is 12.8 Å². The Morgan fingerprint density at radius 2 is 0.683 bits per heavy atom. The molecule has 7 heteroatoms. The number of unbranched alkanes of at least 4 members (excludes halogenated alkanes) is 24. The van der Waals surface area contributed by atoms with Crippen LogP contribution in [-0.2, 0) is 14.2 Å². The molecule has 0 atom stereocenters. The standard InChI is InChI=1S/C34H67O6P/c1-3-5-7-9-11-13-15-17-19-21-23-25-27-29-32(35)34(37,31-41(38,39)40)33(36)30-28-26-24-22-20-18-16-14-12-10-8-6-4-2/h37H,3-31H2,1-2H3,(H2,38,39,40). The molecular weight excluding hydrogens is 535 g/mol. The lowest BCUT2D eigenvalue weighted by atomic mass is 9.88. The number of carbonyl (C=O) groups excluding carboxylic acids is 2. The van der Waals surface area contributed by atoms with Gasteiger partial charge in [-0.05, 0) is 12.8 Å². The van der Waals surface area contributed by atoms with Crippen molar-refractivity contribution in [3.63, 3.8) is 0 Å². The SMILES string of the molecule is CCCCCCCCCCCCCCCC(=O)C(O)(CP(=O)(O)O)C(=O)CCCCCCCCCCCCCCC. The summed E-state index contributed by atoms with van der Waals surface area (Å²) in [7, 11) is -4.73. The molecule has 0 spiro atoms. The third-order valence-corrected chi connectivity index (χ3v) is 9.24. The first-order valence-electron chi connectivity index (χ1n) is 17.5. The normalized spacial score (nSPS) is 12.2. The first-order chi connectivity index (χ1) is 19.7. The van der Waals surface area contributed by atoms with E-state index in [0.717, 1.165) is 38.5 Å². The second kappa shape index (κ2) is 27.0. The van der Waals surface area contributed by atoms with Crippen LogP contribution >= 0.6 is 7.60 Å². The van der Waals surface area contributed by atoms with Gasteiger partial charge in [0.15, 0.2) is 17.2 Å². The lowest BCUT2D eigenvalue weighted by Gasteiger charge is -2.25. The van der Waals surface area contributed by atoms with Gasteiger partial charge in [-0.25, -0.2) is 0 Å². The van der Waals surface area contributed by atoms with Crippen molar-refractivity contribution in [3.8, 4) is 0 Å². The van der Waals surface area contributed by atoms with Crippen molar-refractivity contribution >= 4 is 19.2 Å². The van der Waals surface area contributed by atoms with Gasteiger partial charge in [0.25, 0.3) is 0 Å². The number of rotatable bonds is 32. The maximum absolute atomic E-state index is 12.8. The quantitative estimate of drug-likeness (QED) is 0.0401. The van der Waals surface area contributed by atoms with E-state index in [9.17, 15) is 29.0 Å². The zero-order valence-corrected chi connectivity index (χ0v) is 27.9. The predicted octanol–water partition coefficient (Wildman–Crippen LogP) is 10.00. The monoisotopic (exact) mass is 602 g/mol. The molecule has 3 N–H and O–H groups in total. The van der Waals surface area contributed by atoms with Crippen molar-refractivity contribution in [2.45, 2.75) is 199 Å². The van der Waals surface area contributed by atoms with Gasteiger partial charge in [0.2, 0.25) is 0 Å². The fourth-order valence-corrected chi connectivity index (χ4v) is 6.60. The zero-order valence-electron chi connectivity index (χ0n) is 27.0. The number of ketones is 2. The molecule has 0 heterocycles.